The maximum Gasteiger partial charge on any atom is 0.259 e. The van der Waals surface area contributed by atoms with E-state index in [0.29, 0.717) is 53.1 Å². The Hall–Kier alpha value is -3.32. The lowest BCUT2D eigenvalue weighted by Crippen LogP contribution is -2.32. The molecule has 2 aromatic carbocycles. The molecule has 2 aliphatic rings. The summed E-state index contributed by atoms with van der Waals surface area (Å²) in [5.74, 6) is -0.494. The average molecular weight is 558 g/mol. The Bertz CT molecular complexity index is 1400. The van der Waals surface area contributed by atoms with Crippen molar-refractivity contribution in [2.24, 2.45) is 5.73 Å². The predicted molar refractivity (Wildman–Crippen MR) is 140 cm³/mol. The topological polar surface area (TPSA) is 147 Å². The smallest absolute Gasteiger partial charge is 0.259 e. The van der Waals surface area contributed by atoms with E-state index in [0.717, 1.165) is 24.2 Å². The highest BCUT2D eigenvalue weighted by molar-refractivity contribution is 7.92. The van der Waals surface area contributed by atoms with Crippen molar-refractivity contribution in [2.75, 3.05) is 18.5 Å². The SMILES string of the molecule is NC(=O)c1ccc(Oc2cnc(NC(=O)C(OC3CCCOC3)c3ccc(S(=O)(=O)C4CC4)cc3)s2)cc1. The fourth-order valence-corrected chi connectivity index (χ4v) is 6.39. The van der Waals surface area contributed by atoms with E-state index in [2.05, 4.69) is 10.3 Å². The van der Waals surface area contributed by atoms with Crippen molar-refractivity contribution in [1.29, 1.82) is 0 Å². The zero-order valence-electron chi connectivity index (χ0n) is 20.4. The second-order valence-electron chi connectivity index (χ2n) is 9.13. The van der Waals surface area contributed by atoms with Gasteiger partial charge in [0.05, 0.1) is 29.1 Å². The number of amides is 2. The van der Waals surface area contributed by atoms with Crippen molar-refractivity contribution in [3.8, 4) is 10.8 Å². The lowest BCUT2D eigenvalue weighted by molar-refractivity contribution is -0.138. The fraction of sp³-hybridized carbons (Fsp3) is 0.346. The molecule has 2 fully saturated rings. The predicted octanol–water partition coefficient (Wildman–Crippen LogP) is 3.85. The van der Waals surface area contributed by atoms with Gasteiger partial charge >= 0.3 is 0 Å². The average Bonchev–Trinajstić information content (AvgIpc) is 3.70. The summed E-state index contributed by atoms with van der Waals surface area (Å²) in [5, 5.41) is 3.20. The van der Waals surface area contributed by atoms with E-state index in [9.17, 15) is 18.0 Å². The van der Waals surface area contributed by atoms with E-state index in [-0.39, 0.29) is 16.2 Å². The van der Waals surface area contributed by atoms with Gasteiger partial charge in [0.2, 0.25) is 11.0 Å². The minimum Gasteiger partial charge on any atom is -0.445 e. The number of ether oxygens (including phenoxy) is 3. The van der Waals surface area contributed by atoms with Gasteiger partial charge in [-0.2, -0.15) is 0 Å². The molecule has 0 radical (unpaired) electrons. The van der Waals surface area contributed by atoms with Crippen molar-refractivity contribution in [1.82, 2.24) is 4.98 Å². The number of primary amides is 1. The maximum atomic E-state index is 13.3. The highest BCUT2D eigenvalue weighted by atomic mass is 32.2. The van der Waals surface area contributed by atoms with Crippen LogP contribution in [0.2, 0.25) is 0 Å². The molecule has 3 N–H and O–H groups in total. The third-order valence-electron chi connectivity index (χ3n) is 6.23. The van der Waals surface area contributed by atoms with Crippen molar-refractivity contribution in [3.05, 3.63) is 65.9 Å². The number of hydrogen-bond acceptors (Lipinski definition) is 9. The van der Waals surface area contributed by atoms with Gasteiger partial charge in [-0.15, -0.1) is 0 Å². The number of carbonyl (C=O) groups is 2. The van der Waals surface area contributed by atoms with Crippen LogP contribution in [0.15, 0.2) is 59.6 Å². The molecule has 2 amide bonds. The summed E-state index contributed by atoms with van der Waals surface area (Å²) < 4.78 is 42.6. The van der Waals surface area contributed by atoms with Crippen LogP contribution in [0, 0.1) is 0 Å². The van der Waals surface area contributed by atoms with Crippen LogP contribution in [0.3, 0.4) is 0 Å². The molecular weight excluding hydrogens is 530 g/mol. The van der Waals surface area contributed by atoms with Crippen LogP contribution in [-0.4, -0.2) is 49.8 Å². The molecule has 0 bridgehead atoms. The quantitative estimate of drug-likeness (QED) is 0.382. The number of anilines is 1. The van der Waals surface area contributed by atoms with Crippen molar-refractivity contribution in [2.45, 2.75) is 48.0 Å². The molecule has 2 unspecified atom stereocenters. The zero-order valence-corrected chi connectivity index (χ0v) is 22.0. The Labute approximate surface area is 224 Å². The van der Waals surface area contributed by atoms with Gasteiger partial charge in [0.1, 0.15) is 5.75 Å². The van der Waals surface area contributed by atoms with Crippen LogP contribution in [0.1, 0.15) is 47.7 Å². The molecule has 1 aliphatic carbocycles. The highest BCUT2D eigenvalue weighted by Crippen LogP contribution is 2.35. The minimum atomic E-state index is -3.34. The van der Waals surface area contributed by atoms with Crippen LogP contribution in [0.4, 0.5) is 5.13 Å². The molecule has 1 saturated carbocycles. The number of nitrogens with two attached hydrogens (primary N) is 1. The van der Waals surface area contributed by atoms with Gasteiger partial charge in [-0.25, -0.2) is 13.4 Å². The summed E-state index contributed by atoms with van der Waals surface area (Å²) in [5.41, 5.74) is 6.16. The van der Waals surface area contributed by atoms with Crippen LogP contribution in [-0.2, 0) is 24.1 Å². The van der Waals surface area contributed by atoms with Gasteiger partial charge in [-0.1, -0.05) is 23.5 Å². The van der Waals surface area contributed by atoms with Gasteiger partial charge in [-0.3, -0.25) is 14.9 Å². The maximum absolute atomic E-state index is 13.3. The lowest BCUT2D eigenvalue weighted by atomic mass is 10.1. The Morgan fingerprint density at radius 1 is 1.08 bits per heavy atom. The number of nitrogens with zero attached hydrogens (tertiary/aromatic N) is 1. The van der Waals surface area contributed by atoms with Crippen LogP contribution in [0.5, 0.6) is 10.8 Å². The molecule has 3 aromatic rings. The standard InChI is InChI=1S/C26H27N3O7S2/c27-24(30)17-3-7-18(8-4-17)35-22-14-28-26(37-22)29-25(31)23(36-19-2-1-13-34-15-19)16-5-9-20(10-6-16)38(32,33)21-11-12-21/h3-10,14,19,21,23H,1-2,11-13,15H2,(H2,27,30)(H,28,29,31). The molecule has 0 spiro atoms. The minimum absolute atomic E-state index is 0.245. The first-order chi connectivity index (χ1) is 18.3. The van der Waals surface area contributed by atoms with Gasteiger partial charge in [0.25, 0.3) is 5.91 Å². The molecule has 5 rings (SSSR count). The molecular formula is C26H27N3O7S2. The van der Waals surface area contributed by atoms with E-state index in [1.54, 1.807) is 36.4 Å². The molecule has 2 heterocycles. The first-order valence-corrected chi connectivity index (χ1v) is 14.6. The molecule has 1 aromatic heterocycles. The number of hydrogen-bond donors (Lipinski definition) is 2. The third-order valence-corrected chi connectivity index (χ3v) is 9.30. The number of sulfone groups is 1. The van der Waals surface area contributed by atoms with Crippen LogP contribution in [0.25, 0.3) is 0 Å². The first kappa shape index (κ1) is 26.3. The van der Waals surface area contributed by atoms with Gasteiger partial charge in [0.15, 0.2) is 21.1 Å². The van der Waals surface area contributed by atoms with Crippen LogP contribution >= 0.6 is 11.3 Å². The summed E-state index contributed by atoms with van der Waals surface area (Å²) in [7, 11) is -3.34. The second-order valence-corrected chi connectivity index (χ2v) is 12.4. The zero-order chi connectivity index (χ0) is 26.7. The Morgan fingerprint density at radius 3 is 2.45 bits per heavy atom. The summed E-state index contributed by atoms with van der Waals surface area (Å²) >= 11 is 1.12. The second kappa shape index (κ2) is 11.2. The van der Waals surface area contributed by atoms with E-state index in [1.807, 2.05) is 0 Å². The number of thiazole rings is 1. The monoisotopic (exact) mass is 557 g/mol. The summed E-state index contributed by atoms with van der Waals surface area (Å²) in [6, 6.07) is 12.6. The molecule has 200 valence electrons. The molecule has 2 atom stereocenters. The van der Waals surface area contributed by atoms with E-state index >= 15 is 0 Å². The highest BCUT2D eigenvalue weighted by Gasteiger charge is 2.37. The third kappa shape index (κ3) is 6.21. The number of rotatable bonds is 10. The van der Waals surface area contributed by atoms with Gasteiger partial charge in [0, 0.05) is 12.2 Å². The summed E-state index contributed by atoms with van der Waals surface area (Å²) in [6.07, 6.45) is 3.15. The molecule has 1 aliphatic heterocycles. The van der Waals surface area contributed by atoms with Gasteiger partial charge in [-0.05, 0) is 67.6 Å². The summed E-state index contributed by atoms with van der Waals surface area (Å²) in [4.78, 5) is 29.0. The number of nitrogens with one attached hydrogen (secondary N) is 1. The Morgan fingerprint density at radius 2 is 1.82 bits per heavy atom. The normalized spacial score (nSPS) is 18.5. The lowest BCUT2D eigenvalue weighted by Gasteiger charge is -2.27. The van der Waals surface area contributed by atoms with E-state index in [1.165, 1.54) is 18.3 Å². The summed E-state index contributed by atoms with van der Waals surface area (Å²) in [6.45, 7) is 1.03. The number of benzene rings is 2. The molecule has 1 saturated heterocycles. The molecule has 10 nitrogen and oxygen atoms in total. The van der Waals surface area contributed by atoms with E-state index in [4.69, 9.17) is 19.9 Å². The van der Waals surface area contributed by atoms with Gasteiger partial charge < -0.3 is 19.9 Å². The Balaban J connectivity index is 1.30. The fourth-order valence-electron chi connectivity index (χ4n) is 4.04. The van der Waals surface area contributed by atoms with Crippen molar-refractivity contribution in [3.63, 3.8) is 0 Å². The largest absolute Gasteiger partial charge is 0.445 e. The van der Waals surface area contributed by atoms with E-state index < -0.39 is 27.8 Å². The number of aromatic nitrogens is 1. The molecule has 38 heavy (non-hydrogen) atoms. The molecule has 12 heteroatoms. The number of carbonyl (C=O) groups excluding carboxylic acids is 2. The van der Waals surface area contributed by atoms with Crippen molar-refractivity contribution >= 4 is 38.1 Å². The van der Waals surface area contributed by atoms with Crippen molar-refractivity contribution < 1.29 is 32.2 Å². The van der Waals surface area contributed by atoms with Crippen LogP contribution < -0.4 is 15.8 Å². The first-order valence-electron chi connectivity index (χ1n) is 12.2. The Kier molecular flexibility index (Phi) is 7.75.